The van der Waals surface area contributed by atoms with Crippen LogP contribution in [-0.4, -0.2) is 24.8 Å². The smallest absolute Gasteiger partial charge is 0.331 e. The highest BCUT2D eigenvalue weighted by Gasteiger charge is 1.92. The Labute approximate surface area is 72.0 Å². The molecule has 0 heterocycles. The summed E-state index contributed by atoms with van der Waals surface area (Å²) < 4.78 is 4.39. The van der Waals surface area contributed by atoms with Gasteiger partial charge in [0.25, 0.3) is 0 Å². The molecule has 0 saturated heterocycles. The molecule has 0 bridgehead atoms. The summed E-state index contributed by atoms with van der Waals surface area (Å²) in [5.41, 5.74) is 0.635. The van der Waals surface area contributed by atoms with E-state index >= 15 is 0 Å². The molecule has 0 aliphatic heterocycles. The zero-order valence-electron chi connectivity index (χ0n) is 7.26. The van der Waals surface area contributed by atoms with Crippen LogP contribution in [0.4, 0.5) is 0 Å². The highest BCUT2D eigenvalue weighted by atomic mass is 16.5. The number of esters is 1. The van der Waals surface area contributed by atoms with E-state index in [2.05, 4.69) is 16.6 Å². The Kier molecular flexibility index (Phi) is 5.76. The zero-order chi connectivity index (χ0) is 9.40. The molecule has 0 saturated carbocycles. The molecule has 0 aliphatic carbocycles. The van der Waals surface area contributed by atoms with Crippen LogP contribution < -0.4 is 0 Å². The highest BCUT2D eigenvalue weighted by molar-refractivity contribution is 5.83. The molecule has 3 heteroatoms. The molecule has 0 radical (unpaired) electrons. The fraction of sp³-hybridized carbons (Fsp3) is 0.444. The summed E-state index contributed by atoms with van der Waals surface area (Å²) in [6.07, 6.45) is 1.73. The number of aliphatic hydroxyl groups excluding tert-OH is 1. The molecule has 0 aromatic rings. The number of methoxy groups -OCH3 is 1. The van der Waals surface area contributed by atoms with Crippen LogP contribution in [0.25, 0.3) is 0 Å². The standard InChI is InChI=1S/C9H12O3/c1-8(5-3-4-6-10)7-9(11)12-2/h7,10H,4,6H2,1-2H3/b8-7+. The topological polar surface area (TPSA) is 46.5 Å². The van der Waals surface area contributed by atoms with Crippen molar-refractivity contribution in [1.82, 2.24) is 0 Å². The van der Waals surface area contributed by atoms with Crippen LogP contribution in [-0.2, 0) is 9.53 Å². The molecule has 0 aromatic heterocycles. The van der Waals surface area contributed by atoms with Gasteiger partial charge in [0.05, 0.1) is 13.7 Å². The van der Waals surface area contributed by atoms with E-state index < -0.39 is 5.97 Å². The highest BCUT2D eigenvalue weighted by Crippen LogP contribution is 1.90. The van der Waals surface area contributed by atoms with Crippen molar-refractivity contribution in [1.29, 1.82) is 0 Å². The van der Waals surface area contributed by atoms with Gasteiger partial charge >= 0.3 is 5.97 Å². The van der Waals surface area contributed by atoms with Gasteiger partial charge in [0.1, 0.15) is 0 Å². The van der Waals surface area contributed by atoms with Crippen molar-refractivity contribution in [2.24, 2.45) is 0 Å². The van der Waals surface area contributed by atoms with Crippen LogP contribution in [0.3, 0.4) is 0 Å². The van der Waals surface area contributed by atoms with Crippen molar-refractivity contribution in [3.8, 4) is 11.8 Å². The number of carbonyl (C=O) groups is 1. The average Bonchev–Trinajstić information content (AvgIpc) is 2.05. The van der Waals surface area contributed by atoms with Gasteiger partial charge in [0, 0.05) is 18.1 Å². The third-order valence-corrected chi connectivity index (χ3v) is 1.06. The minimum absolute atomic E-state index is 0.0402. The minimum atomic E-state index is -0.411. The lowest BCUT2D eigenvalue weighted by atomic mass is 10.3. The van der Waals surface area contributed by atoms with Crippen molar-refractivity contribution in [3.05, 3.63) is 11.6 Å². The van der Waals surface area contributed by atoms with E-state index in [-0.39, 0.29) is 6.61 Å². The Morgan fingerprint density at radius 3 is 2.83 bits per heavy atom. The molecule has 0 aromatic carbocycles. The second-order valence-corrected chi connectivity index (χ2v) is 2.13. The first kappa shape index (κ1) is 10.7. The lowest BCUT2D eigenvalue weighted by Crippen LogP contribution is -1.94. The van der Waals surface area contributed by atoms with E-state index in [0.29, 0.717) is 12.0 Å². The van der Waals surface area contributed by atoms with Gasteiger partial charge in [-0.3, -0.25) is 0 Å². The summed E-state index contributed by atoms with van der Waals surface area (Å²) in [6.45, 7) is 1.75. The van der Waals surface area contributed by atoms with Crippen molar-refractivity contribution >= 4 is 5.97 Å². The summed E-state index contributed by atoms with van der Waals surface area (Å²) in [5.74, 6) is 4.98. The zero-order valence-corrected chi connectivity index (χ0v) is 7.26. The molecule has 0 unspecified atom stereocenters. The second-order valence-electron chi connectivity index (χ2n) is 2.13. The summed E-state index contributed by atoms with van der Waals surface area (Å²) >= 11 is 0. The Bertz CT molecular complexity index is 230. The van der Waals surface area contributed by atoms with Crippen LogP contribution in [0.1, 0.15) is 13.3 Å². The quantitative estimate of drug-likeness (QED) is 0.371. The van der Waals surface area contributed by atoms with Crippen molar-refractivity contribution in [2.75, 3.05) is 13.7 Å². The predicted octanol–water partition coefficient (Wildman–Crippen LogP) is 0.491. The molecule has 0 atom stereocenters. The van der Waals surface area contributed by atoms with Crippen LogP contribution in [0, 0.1) is 11.8 Å². The summed E-state index contributed by atoms with van der Waals surface area (Å²) in [7, 11) is 1.31. The summed E-state index contributed by atoms with van der Waals surface area (Å²) in [5, 5.41) is 8.39. The maximum atomic E-state index is 10.6. The fourth-order valence-corrected chi connectivity index (χ4v) is 0.530. The predicted molar refractivity (Wildman–Crippen MR) is 45.3 cm³/mol. The lowest BCUT2D eigenvalue weighted by Gasteiger charge is -1.89. The Morgan fingerprint density at radius 1 is 1.67 bits per heavy atom. The van der Waals surface area contributed by atoms with E-state index in [9.17, 15) is 4.79 Å². The number of rotatable bonds is 2. The first-order valence-corrected chi connectivity index (χ1v) is 3.56. The van der Waals surface area contributed by atoms with Gasteiger partial charge in [-0.2, -0.15) is 0 Å². The lowest BCUT2D eigenvalue weighted by molar-refractivity contribution is -0.134. The molecule has 0 amide bonds. The van der Waals surface area contributed by atoms with Crippen LogP contribution >= 0.6 is 0 Å². The molecular weight excluding hydrogens is 156 g/mol. The molecule has 0 rings (SSSR count). The molecule has 1 N–H and O–H groups in total. The normalized spacial score (nSPS) is 10.1. The number of hydrogen-bond acceptors (Lipinski definition) is 3. The molecule has 12 heavy (non-hydrogen) atoms. The van der Waals surface area contributed by atoms with Gasteiger partial charge in [0.2, 0.25) is 0 Å². The first-order valence-electron chi connectivity index (χ1n) is 3.56. The monoisotopic (exact) mass is 168 g/mol. The maximum Gasteiger partial charge on any atom is 0.331 e. The molecular formula is C9H12O3. The van der Waals surface area contributed by atoms with Gasteiger partial charge in [-0.1, -0.05) is 11.8 Å². The Balaban J connectivity index is 4.04. The first-order chi connectivity index (χ1) is 5.70. The van der Waals surface area contributed by atoms with E-state index in [1.165, 1.54) is 13.2 Å². The number of aliphatic hydroxyl groups is 1. The van der Waals surface area contributed by atoms with Gasteiger partial charge in [-0.15, -0.1) is 0 Å². The van der Waals surface area contributed by atoms with Crippen molar-refractivity contribution in [2.45, 2.75) is 13.3 Å². The fourth-order valence-electron chi connectivity index (χ4n) is 0.530. The molecule has 0 fully saturated rings. The van der Waals surface area contributed by atoms with Crippen LogP contribution in [0.2, 0.25) is 0 Å². The summed E-state index contributed by atoms with van der Waals surface area (Å²) in [4.78, 5) is 10.6. The molecule has 3 nitrogen and oxygen atoms in total. The van der Waals surface area contributed by atoms with Gasteiger partial charge in [-0.05, 0) is 6.92 Å². The van der Waals surface area contributed by atoms with E-state index in [1.807, 2.05) is 0 Å². The average molecular weight is 168 g/mol. The van der Waals surface area contributed by atoms with E-state index in [1.54, 1.807) is 6.92 Å². The van der Waals surface area contributed by atoms with E-state index in [4.69, 9.17) is 5.11 Å². The van der Waals surface area contributed by atoms with Crippen molar-refractivity contribution in [3.63, 3.8) is 0 Å². The number of hydrogen-bond donors (Lipinski definition) is 1. The second kappa shape index (κ2) is 6.44. The molecule has 0 spiro atoms. The number of ether oxygens (including phenoxy) is 1. The third kappa shape index (κ3) is 5.51. The minimum Gasteiger partial charge on any atom is -0.466 e. The Morgan fingerprint density at radius 2 is 2.33 bits per heavy atom. The van der Waals surface area contributed by atoms with Gasteiger partial charge in [-0.25, -0.2) is 4.79 Å². The largest absolute Gasteiger partial charge is 0.466 e. The SMILES string of the molecule is COC(=O)/C=C(\C)C#CCCO. The van der Waals surface area contributed by atoms with Gasteiger partial charge in [0.15, 0.2) is 0 Å². The van der Waals surface area contributed by atoms with Crippen molar-refractivity contribution < 1.29 is 14.6 Å². The number of carbonyl (C=O) groups excluding carboxylic acids is 1. The number of allylic oxidation sites excluding steroid dienone is 1. The summed E-state index contributed by atoms with van der Waals surface area (Å²) in [6, 6.07) is 0. The molecule has 0 aliphatic rings. The maximum absolute atomic E-state index is 10.6. The third-order valence-electron chi connectivity index (χ3n) is 1.06. The van der Waals surface area contributed by atoms with Crippen LogP contribution in [0.15, 0.2) is 11.6 Å². The molecule has 66 valence electrons. The Hall–Kier alpha value is -1.27. The van der Waals surface area contributed by atoms with Crippen LogP contribution in [0.5, 0.6) is 0 Å². The van der Waals surface area contributed by atoms with Gasteiger partial charge < -0.3 is 9.84 Å². The van der Waals surface area contributed by atoms with E-state index in [0.717, 1.165) is 0 Å².